The average molecular weight is 347 g/mol. The second kappa shape index (κ2) is 7.51. The number of carbonyl (C=O) groups excluding carboxylic acids is 1. The van der Waals surface area contributed by atoms with Crippen molar-refractivity contribution in [1.82, 2.24) is 0 Å². The molecule has 0 aromatic heterocycles. The molecular weight excluding hydrogens is 328 g/mol. The maximum Gasteiger partial charge on any atom is 0.387 e. The van der Waals surface area contributed by atoms with Crippen molar-refractivity contribution >= 4 is 11.6 Å². The maximum atomic E-state index is 12.9. The van der Waals surface area contributed by atoms with E-state index in [1.807, 2.05) is 24.3 Å². The lowest BCUT2D eigenvalue weighted by Gasteiger charge is -2.29. The van der Waals surface area contributed by atoms with Crippen LogP contribution in [0.15, 0.2) is 42.5 Å². The van der Waals surface area contributed by atoms with Crippen molar-refractivity contribution in [3.05, 3.63) is 53.6 Å². The second-order valence-corrected chi connectivity index (χ2v) is 5.66. The van der Waals surface area contributed by atoms with E-state index in [-0.39, 0.29) is 24.0 Å². The molecule has 0 bridgehead atoms. The van der Waals surface area contributed by atoms with E-state index in [1.165, 1.54) is 18.2 Å². The van der Waals surface area contributed by atoms with E-state index in [0.717, 1.165) is 24.1 Å². The molecule has 0 radical (unpaired) electrons. The highest BCUT2D eigenvalue weighted by Gasteiger charge is 2.24. The zero-order valence-electron chi connectivity index (χ0n) is 13.9. The highest BCUT2D eigenvalue weighted by molar-refractivity contribution is 6.07. The van der Waals surface area contributed by atoms with E-state index in [2.05, 4.69) is 4.74 Å². The lowest BCUT2D eigenvalue weighted by atomic mass is 10.0. The maximum absolute atomic E-state index is 12.9. The summed E-state index contributed by atoms with van der Waals surface area (Å²) in [6.07, 6.45) is 1.82. The van der Waals surface area contributed by atoms with Crippen LogP contribution in [-0.4, -0.2) is 25.7 Å². The highest BCUT2D eigenvalue weighted by Crippen LogP contribution is 2.32. The third-order valence-electron chi connectivity index (χ3n) is 4.06. The number of rotatable bonds is 5. The number of amides is 1. The Kier molecular flexibility index (Phi) is 5.16. The third-order valence-corrected chi connectivity index (χ3v) is 4.06. The second-order valence-electron chi connectivity index (χ2n) is 5.66. The van der Waals surface area contributed by atoms with Crippen LogP contribution in [0.2, 0.25) is 0 Å². The Balaban J connectivity index is 1.91. The molecule has 4 nitrogen and oxygen atoms in total. The van der Waals surface area contributed by atoms with Crippen LogP contribution in [0.4, 0.5) is 14.5 Å². The fourth-order valence-corrected chi connectivity index (χ4v) is 3.00. The zero-order valence-corrected chi connectivity index (χ0v) is 13.9. The largest absolute Gasteiger partial charge is 0.490 e. The molecule has 2 aromatic carbocycles. The number of benzene rings is 2. The number of para-hydroxylation sites is 1. The van der Waals surface area contributed by atoms with Gasteiger partial charge in [-0.2, -0.15) is 8.78 Å². The minimum Gasteiger partial charge on any atom is -0.490 e. The number of alkyl halides is 2. The predicted octanol–water partition coefficient (Wildman–Crippen LogP) is 4.28. The first kappa shape index (κ1) is 17.2. The number of carbonyl (C=O) groups is 1. The molecule has 1 aliphatic heterocycles. The summed E-state index contributed by atoms with van der Waals surface area (Å²) < 4.78 is 34.8. The zero-order chi connectivity index (χ0) is 17.8. The van der Waals surface area contributed by atoms with Gasteiger partial charge < -0.3 is 14.4 Å². The van der Waals surface area contributed by atoms with Crippen molar-refractivity contribution in [2.75, 3.05) is 18.1 Å². The first-order valence-corrected chi connectivity index (χ1v) is 8.21. The molecule has 1 aliphatic rings. The minimum absolute atomic E-state index is 0.0764. The van der Waals surface area contributed by atoms with Crippen molar-refractivity contribution in [2.24, 2.45) is 0 Å². The Hall–Kier alpha value is -2.63. The molecule has 2 aromatic rings. The first-order valence-electron chi connectivity index (χ1n) is 8.21. The van der Waals surface area contributed by atoms with Crippen molar-refractivity contribution in [1.29, 1.82) is 0 Å². The monoisotopic (exact) mass is 347 g/mol. The van der Waals surface area contributed by atoms with Gasteiger partial charge in [-0.05, 0) is 49.6 Å². The van der Waals surface area contributed by atoms with Gasteiger partial charge in [-0.15, -0.1) is 0 Å². The summed E-state index contributed by atoms with van der Waals surface area (Å²) in [5, 5.41) is 0. The Morgan fingerprint density at radius 1 is 1.20 bits per heavy atom. The Labute approximate surface area is 145 Å². The van der Waals surface area contributed by atoms with E-state index >= 15 is 0 Å². The van der Waals surface area contributed by atoms with Gasteiger partial charge in [-0.25, -0.2) is 0 Å². The quantitative estimate of drug-likeness (QED) is 0.810. The van der Waals surface area contributed by atoms with Gasteiger partial charge in [-0.1, -0.05) is 18.2 Å². The van der Waals surface area contributed by atoms with Crippen LogP contribution in [-0.2, 0) is 6.42 Å². The molecule has 0 atom stereocenters. The summed E-state index contributed by atoms with van der Waals surface area (Å²) in [6.45, 7) is -0.310. The molecule has 3 rings (SSSR count). The summed E-state index contributed by atoms with van der Waals surface area (Å²) in [5.74, 6) is -0.122. The normalized spacial score (nSPS) is 13.5. The number of hydrogen-bond donors (Lipinski definition) is 0. The van der Waals surface area contributed by atoms with Crippen LogP contribution in [0.25, 0.3) is 0 Å². The lowest BCUT2D eigenvalue weighted by Crippen LogP contribution is -2.35. The smallest absolute Gasteiger partial charge is 0.387 e. The number of fused-ring (bicyclic) bond motifs is 1. The molecule has 0 saturated carbocycles. The first-order chi connectivity index (χ1) is 12.1. The number of nitrogens with zero attached hydrogens (tertiary/aromatic N) is 1. The number of hydrogen-bond acceptors (Lipinski definition) is 3. The van der Waals surface area contributed by atoms with E-state index < -0.39 is 6.61 Å². The molecule has 132 valence electrons. The van der Waals surface area contributed by atoms with Crippen LogP contribution >= 0.6 is 0 Å². The van der Waals surface area contributed by atoms with Crippen LogP contribution in [0.1, 0.15) is 29.3 Å². The van der Waals surface area contributed by atoms with Crippen molar-refractivity contribution in [3.63, 3.8) is 0 Å². The minimum atomic E-state index is -2.95. The number of anilines is 1. The lowest BCUT2D eigenvalue weighted by molar-refractivity contribution is -0.0514. The number of aryl methyl sites for hydroxylation is 1. The van der Waals surface area contributed by atoms with Crippen molar-refractivity contribution in [2.45, 2.75) is 26.4 Å². The summed E-state index contributed by atoms with van der Waals surface area (Å²) in [5.41, 5.74) is 2.40. The van der Waals surface area contributed by atoms with Gasteiger partial charge in [0.05, 0.1) is 6.61 Å². The molecule has 0 N–H and O–H groups in total. The van der Waals surface area contributed by atoms with Crippen LogP contribution in [0.5, 0.6) is 11.5 Å². The molecule has 0 aliphatic carbocycles. The van der Waals surface area contributed by atoms with Gasteiger partial charge in [-0.3, -0.25) is 4.79 Å². The molecule has 0 saturated heterocycles. The molecule has 0 spiro atoms. The fourth-order valence-electron chi connectivity index (χ4n) is 3.00. The summed E-state index contributed by atoms with van der Waals surface area (Å²) in [4.78, 5) is 14.7. The molecular formula is C19H19F2NO3. The van der Waals surface area contributed by atoms with Gasteiger partial charge in [0.2, 0.25) is 0 Å². The van der Waals surface area contributed by atoms with Gasteiger partial charge in [0.1, 0.15) is 0 Å². The number of halogens is 2. The van der Waals surface area contributed by atoms with Crippen molar-refractivity contribution in [3.8, 4) is 11.5 Å². The van der Waals surface area contributed by atoms with Crippen LogP contribution in [0.3, 0.4) is 0 Å². The Morgan fingerprint density at radius 3 is 2.76 bits per heavy atom. The molecule has 6 heteroatoms. The molecule has 1 amide bonds. The fraction of sp³-hybridized carbons (Fsp3) is 0.316. The topological polar surface area (TPSA) is 38.8 Å². The Bertz CT molecular complexity index is 764. The van der Waals surface area contributed by atoms with E-state index in [4.69, 9.17) is 4.74 Å². The number of ether oxygens (including phenoxy) is 2. The van der Waals surface area contributed by atoms with Gasteiger partial charge in [0.15, 0.2) is 11.5 Å². The van der Waals surface area contributed by atoms with Crippen LogP contribution in [0, 0.1) is 0 Å². The SMILES string of the molecule is CCOc1cc(C(=O)N2CCCc3ccccc32)ccc1OC(F)F. The standard InChI is InChI=1S/C19H19F2NO3/c1-2-24-17-12-14(9-10-16(17)25-19(20)21)18(23)22-11-5-7-13-6-3-4-8-15(13)22/h3-4,6,8-10,12,19H,2,5,7,11H2,1H3. The molecule has 0 fully saturated rings. The average Bonchev–Trinajstić information content (AvgIpc) is 2.62. The molecule has 0 unspecified atom stereocenters. The summed E-state index contributed by atoms with van der Waals surface area (Å²) in [7, 11) is 0. The van der Waals surface area contributed by atoms with Crippen LogP contribution < -0.4 is 14.4 Å². The van der Waals surface area contributed by atoms with E-state index in [0.29, 0.717) is 12.1 Å². The van der Waals surface area contributed by atoms with Crippen molar-refractivity contribution < 1.29 is 23.0 Å². The summed E-state index contributed by atoms with van der Waals surface area (Å²) in [6, 6.07) is 12.1. The van der Waals surface area contributed by atoms with Gasteiger partial charge >= 0.3 is 6.61 Å². The Morgan fingerprint density at radius 2 is 2.00 bits per heavy atom. The predicted molar refractivity (Wildman–Crippen MR) is 90.7 cm³/mol. The van der Waals surface area contributed by atoms with E-state index in [1.54, 1.807) is 11.8 Å². The van der Waals surface area contributed by atoms with E-state index in [9.17, 15) is 13.6 Å². The highest BCUT2D eigenvalue weighted by atomic mass is 19.3. The molecule has 25 heavy (non-hydrogen) atoms. The third kappa shape index (κ3) is 3.73. The van der Waals surface area contributed by atoms with Gasteiger partial charge in [0.25, 0.3) is 5.91 Å². The van der Waals surface area contributed by atoms with Gasteiger partial charge in [0, 0.05) is 17.8 Å². The summed E-state index contributed by atoms with van der Waals surface area (Å²) >= 11 is 0. The molecule has 1 heterocycles.